The van der Waals surface area contributed by atoms with Gasteiger partial charge in [0.25, 0.3) is 0 Å². The summed E-state index contributed by atoms with van der Waals surface area (Å²) in [6.07, 6.45) is 1.12. The number of nitrogens with one attached hydrogen (secondary N) is 1. The lowest BCUT2D eigenvalue weighted by atomic mass is 10.2. The average molecular weight is 253 g/mol. The van der Waals surface area contributed by atoms with Crippen LogP contribution in [0.25, 0.3) is 0 Å². The molecule has 0 bridgehead atoms. The van der Waals surface area contributed by atoms with E-state index in [2.05, 4.69) is 12.2 Å². The number of hydrogen-bond acceptors (Lipinski definition) is 4. The van der Waals surface area contributed by atoms with E-state index in [0.717, 1.165) is 25.1 Å². The van der Waals surface area contributed by atoms with E-state index in [1.165, 1.54) is 0 Å². The van der Waals surface area contributed by atoms with E-state index in [-0.39, 0.29) is 0 Å². The highest BCUT2D eigenvalue weighted by atomic mass is 16.5. The summed E-state index contributed by atoms with van der Waals surface area (Å²) in [6.45, 7) is 6.55. The van der Waals surface area contributed by atoms with Crippen molar-refractivity contribution in [3.05, 3.63) is 17.7 Å². The number of aryl methyl sites for hydroxylation is 1. The molecule has 0 heterocycles. The van der Waals surface area contributed by atoms with Gasteiger partial charge in [0.15, 0.2) is 11.5 Å². The first-order chi connectivity index (χ1) is 8.72. The van der Waals surface area contributed by atoms with Crippen LogP contribution in [0.3, 0.4) is 0 Å². The highest BCUT2D eigenvalue weighted by Crippen LogP contribution is 2.38. The lowest BCUT2D eigenvalue weighted by molar-refractivity contribution is 0.273. The molecular formula is C14H23NO3. The number of hydrogen-bond donors (Lipinski definition) is 1. The molecule has 0 spiro atoms. The molecule has 1 N–H and O–H groups in total. The van der Waals surface area contributed by atoms with Crippen molar-refractivity contribution >= 4 is 0 Å². The van der Waals surface area contributed by atoms with E-state index in [0.29, 0.717) is 23.9 Å². The Morgan fingerprint density at radius 2 is 1.67 bits per heavy atom. The summed E-state index contributed by atoms with van der Waals surface area (Å²) in [4.78, 5) is 0. The Bertz CT molecular complexity index is 341. The second-order valence-corrected chi connectivity index (χ2v) is 4.10. The summed E-state index contributed by atoms with van der Waals surface area (Å²) in [5, 5.41) is 3.29. The Kier molecular flexibility index (Phi) is 6.36. The Morgan fingerprint density at radius 1 is 1.06 bits per heavy atom. The molecule has 4 heteroatoms. The molecule has 102 valence electrons. The molecule has 0 aliphatic rings. The predicted molar refractivity (Wildman–Crippen MR) is 72.9 cm³/mol. The molecule has 1 aromatic rings. The van der Waals surface area contributed by atoms with Gasteiger partial charge in [-0.1, -0.05) is 6.92 Å². The fourth-order valence-corrected chi connectivity index (χ4v) is 1.68. The zero-order chi connectivity index (χ0) is 13.4. The van der Waals surface area contributed by atoms with Crippen molar-refractivity contribution in [1.29, 1.82) is 0 Å². The summed E-state index contributed by atoms with van der Waals surface area (Å²) in [6, 6.07) is 3.88. The van der Waals surface area contributed by atoms with Crippen LogP contribution in [-0.4, -0.2) is 33.9 Å². The summed E-state index contributed by atoms with van der Waals surface area (Å²) < 4.78 is 16.4. The third kappa shape index (κ3) is 4.11. The lowest BCUT2D eigenvalue weighted by Crippen LogP contribution is -2.21. The van der Waals surface area contributed by atoms with Crippen molar-refractivity contribution in [2.75, 3.05) is 33.9 Å². The molecule has 0 radical (unpaired) electrons. The van der Waals surface area contributed by atoms with Crippen molar-refractivity contribution in [2.45, 2.75) is 20.3 Å². The van der Waals surface area contributed by atoms with Crippen LogP contribution in [0.2, 0.25) is 0 Å². The number of ether oxygens (including phenoxy) is 3. The van der Waals surface area contributed by atoms with Crippen LogP contribution >= 0.6 is 0 Å². The van der Waals surface area contributed by atoms with Crippen molar-refractivity contribution < 1.29 is 14.2 Å². The van der Waals surface area contributed by atoms with Gasteiger partial charge in [0.05, 0.1) is 14.2 Å². The molecule has 0 aliphatic carbocycles. The molecule has 4 nitrogen and oxygen atoms in total. The predicted octanol–water partition coefficient (Wildman–Crippen LogP) is 2.39. The summed E-state index contributed by atoms with van der Waals surface area (Å²) >= 11 is 0. The average Bonchev–Trinajstić information content (AvgIpc) is 2.39. The van der Waals surface area contributed by atoms with Gasteiger partial charge in [0, 0.05) is 6.54 Å². The minimum atomic E-state index is 0.593. The molecule has 1 rings (SSSR count). The van der Waals surface area contributed by atoms with E-state index in [4.69, 9.17) is 14.2 Å². The van der Waals surface area contributed by atoms with E-state index in [1.807, 2.05) is 19.1 Å². The molecule has 0 fully saturated rings. The van der Waals surface area contributed by atoms with E-state index in [9.17, 15) is 0 Å². The van der Waals surface area contributed by atoms with Crippen LogP contribution in [0.15, 0.2) is 12.1 Å². The van der Waals surface area contributed by atoms with Crippen molar-refractivity contribution in [3.63, 3.8) is 0 Å². The van der Waals surface area contributed by atoms with Crippen LogP contribution in [-0.2, 0) is 0 Å². The van der Waals surface area contributed by atoms with Crippen LogP contribution < -0.4 is 19.5 Å². The molecule has 1 aromatic carbocycles. The minimum absolute atomic E-state index is 0.593. The topological polar surface area (TPSA) is 39.7 Å². The molecule has 0 amide bonds. The third-order valence-corrected chi connectivity index (χ3v) is 2.56. The van der Waals surface area contributed by atoms with Gasteiger partial charge in [-0.2, -0.15) is 0 Å². The molecule has 0 unspecified atom stereocenters. The Labute approximate surface area is 109 Å². The monoisotopic (exact) mass is 253 g/mol. The second-order valence-electron chi connectivity index (χ2n) is 4.10. The standard InChI is InChI=1S/C14H23NO3/c1-5-6-15-7-8-18-14-12(16-3)9-11(2)10-13(14)17-4/h9-10,15H,5-8H2,1-4H3. The van der Waals surface area contributed by atoms with Crippen LogP contribution in [0, 0.1) is 6.92 Å². The maximum Gasteiger partial charge on any atom is 0.203 e. The fourth-order valence-electron chi connectivity index (χ4n) is 1.68. The highest BCUT2D eigenvalue weighted by Gasteiger charge is 2.12. The molecular weight excluding hydrogens is 230 g/mol. The Balaban J connectivity index is 2.67. The second kappa shape index (κ2) is 7.82. The smallest absolute Gasteiger partial charge is 0.203 e. The maximum atomic E-state index is 5.74. The minimum Gasteiger partial charge on any atom is -0.493 e. The summed E-state index contributed by atoms with van der Waals surface area (Å²) in [5.41, 5.74) is 1.08. The molecule has 0 aromatic heterocycles. The first kappa shape index (κ1) is 14.6. The van der Waals surface area contributed by atoms with Crippen LogP contribution in [0.1, 0.15) is 18.9 Å². The summed E-state index contributed by atoms with van der Waals surface area (Å²) in [7, 11) is 3.27. The van der Waals surface area contributed by atoms with Crippen molar-refractivity contribution in [3.8, 4) is 17.2 Å². The van der Waals surface area contributed by atoms with Gasteiger partial charge in [-0.25, -0.2) is 0 Å². The van der Waals surface area contributed by atoms with Gasteiger partial charge in [-0.05, 0) is 37.6 Å². The van der Waals surface area contributed by atoms with Gasteiger partial charge >= 0.3 is 0 Å². The number of rotatable bonds is 8. The van der Waals surface area contributed by atoms with Crippen molar-refractivity contribution in [2.24, 2.45) is 0 Å². The molecule has 0 saturated heterocycles. The summed E-state index contributed by atoms with van der Waals surface area (Å²) in [5.74, 6) is 2.09. The lowest BCUT2D eigenvalue weighted by Gasteiger charge is -2.15. The van der Waals surface area contributed by atoms with E-state index >= 15 is 0 Å². The largest absolute Gasteiger partial charge is 0.493 e. The quantitative estimate of drug-likeness (QED) is 0.722. The maximum absolute atomic E-state index is 5.74. The van der Waals surface area contributed by atoms with Crippen molar-refractivity contribution in [1.82, 2.24) is 5.32 Å². The Morgan fingerprint density at radius 3 is 2.17 bits per heavy atom. The van der Waals surface area contributed by atoms with Gasteiger partial charge in [-0.3, -0.25) is 0 Å². The van der Waals surface area contributed by atoms with E-state index < -0.39 is 0 Å². The van der Waals surface area contributed by atoms with Gasteiger partial charge in [0.2, 0.25) is 5.75 Å². The SMILES string of the molecule is CCCNCCOc1c(OC)cc(C)cc1OC. The van der Waals surface area contributed by atoms with Crippen LogP contribution in [0.4, 0.5) is 0 Å². The number of benzene rings is 1. The van der Waals surface area contributed by atoms with E-state index in [1.54, 1.807) is 14.2 Å². The van der Waals surface area contributed by atoms with Gasteiger partial charge in [0.1, 0.15) is 6.61 Å². The fraction of sp³-hybridized carbons (Fsp3) is 0.571. The Hall–Kier alpha value is -1.42. The highest BCUT2D eigenvalue weighted by molar-refractivity contribution is 5.53. The zero-order valence-electron chi connectivity index (χ0n) is 11.7. The molecule has 0 aliphatic heterocycles. The zero-order valence-corrected chi connectivity index (χ0v) is 11.7. The molecule has 0 atom stereocenters. The number of methoxy groups -OCH3 is 2. The normalized spacial score (nSPS) is 10.2. The first-order valence-electron chi connectivity index (χ1n) is 6.29. The first-order valence-corrected chi connectivity index (χ1v) is 6.29. The third-order valence-electron chi connectivity index (χ3n) is 2.56. The van der Waals surface area contributed by atoms with Crippen LogP contribution in [0.5, 0.6) is 17.2 Å². The molecule has 18 heavy (non-hydrogen) atoms. The van der Waals surface area contributed by atoms with Gasteiger partial charge < -0.3 is 19.5 Å². The molecule has 0 saturated carbocycles. The van der Waals surface area contributed by atoms with Gasteiger partial charge in [-0.15, -0.1) is 0 Å².